The van der Waals surface area contributed by atoms with Gasteiger partial charge in [0.05, 0.1) is 5.92 Å². The molecule has 0 spiro atoms. The molecule has 3 aliphatic carbocycles. The van der Waals surface area contributed by atoms with Gasteiger partial charge in [-0.25, -0.2) is 8.78 Å². The number of aryl methyl sites for hydroxylation is 1. The summed E-state index contributed by atoms with van der Waals surface area (Å²) in [6, 6.07) is 7.89. The predicted molar refractivity (Wildman–Crippen MR) is 164 cm³/mol. The molecule has 0 saturated heterocycles. The molecular weight excluding hydrogens is 609 g/mol. The quantitative estimate of drug-likeness (QED) is 0.177. The lowest BCUT2D eigenvalue weighted by molar-refractivity contribution is -0.275. The summed E-state index contributed by atoms with van der Waals surface area (Å²) in [6.07, 6.45) is 6.58. The molecule has 0 unspecified atom stereocenters. The molecule has 0 heterocycles. The van der Waals surface area contributed by atoms with E-state index in [9.17, 15) is 30.7 Å². The number of benzene rings is 2. The van der Waals surface area contributed by atoms with Crippen molar-refractivity contribution in [2.75, 3.05) is 0 Å². The fourth-order valence-corrected chi connectivity index (χ4v) is 8.55. The van der Waals surface area contributed by atoms with Crippen LogP contribution in [-0.2, 0) is 6.42 Å². The van der Waals surface area contributed by atoms with E-state index in [2.05, 4.69) is 17.7 Å². The van der Waals surface area contributed by atoms with Gasteiger partial charge in [-0.05, 0) is 149 Å². The third-order valence-electron chi connectivity index (χ3n) is 11.1. The van der Waals surface area contributed by atoms with Gasteiger partial charge in [0.15, 0.2) is 11.6 Å². The molecule has 5 rings (SSSR count). The van der Waals surface area contributed by atoms with Crippen molar-refractivity contribution >= 4 is 0 Å². The summed E-state index contributed by atoms with van der Waals surface area (Å²) < 4.78 is 104. The third-order valence-corrected chi connectivity index (χ3v) is 11.1. The van der Waals surface area contributed by atoms with Crippen molar-refractivity contribution in [2.45, 2.75) is 128 Å². The Balaban J connectivity index is 1.03. The molecular formula is C37H47F7O2. The Morgan fingerprint density at radius 2 is 1.20 bits per heavy atom. The highest BCUT2D eigenvalue weighted by Crippen LogP contribution is 2.49. The highest BCUT2D eigenvalue weighted by molar-refractivity contribution is 5.33. The average molecular weight is 657 g/mol. The van der Waals surface area contributed by atoms with Gasteiger partial charge in [-0.3, -0.25) is 0 Å². The highest BCUT2D eigenvalue weighted by Gasteiger charge is 2.45. The predicted octanol–water partition coefficient (Wildman–Crippen LogP) is 12.2. The van der Waals surface area contributed by atoms with Crippen LogP contribution in [0.4, 0.5) is 30.7 Å². The molecule has 2 aromatic carbocycles. The fourth-order valence-electron chi connectivity index (χ4n) is 8.55. The Kier molecular flexibility index (Phi) is 11.5. The van der Waals surface area contributed by atoms with Crippen molar-refractivity contribution < 1.29 is 40.2 Å². The number of ether oxygens (including phenoxy) is 2. The topological polar surface area (TPSA) is 18.5 Å². The van der Waals surface area contributed by atoms with Crippen molar-refractivity contribution in [1.29, 1.82) is 0 Å². The third kappa shape index (κ3) is 9.12. The first-order valence-electron chi connectivity index (χ1n) is 17.3. The molecule has 0 radical (unpaired) electrons. The van der Waals surface area contributed by atoms with E-state index in [4.69, 9.17) is 4.74 Å². The summed E-state index contributed by atoms with van der Waals surface area (Å²) in [5.41, 5.74) is 1.98. The number of hydrogen-bond acceptors (Lipinski definition) is 2. The second-order valence-electron chi connectivity index (χ2n) is 14.0. The van der Waals surface area contributed by atoms with E-state index in [0.717, 1.165) is 75.0 Å². The molecule has 9 heteroatoms. The van der Waals surface area contributed by atoms with Gasteiger partial charge < -0.3 is 9.47 Å². The second-order valence-corrected chi connectivity index (χ2v) is 14.0. The summed E-state index contributed by atoms with van der Waals surface area (Å²) >= 11 is 0. The first-order chi connectivity index (χ1) is 21.9. The molecule has 3 fully saturated rings. The van der Waals surface area contributed by atoms with E-state index in [-0.39, 0.29) is 18.7 Å². The van der Waals surface area contributed by atoms with E-state index < -0.39 is 35.7 Å². The first-order valence-corrected chi connectivity index (χ1v) is 17.3. The van der Waals surface area contributed by atoms with Crippen LogP contribution in [0.1, 0.15) is 120 Å². The molecule has 2 nitrogen and oxygen atoms in total. The maximum absolute atomic E-state index is 15.0. The Labute approximate surface area is 268 Å². The van der Waals surface area contributed by atoms with Gasteiger partial charge in [-0.15, -0.1) is 13.2 Å². The van der Waals surface area contributed by atoms with Crippen LogP contribution in [0.5, 0.6) is 11.5 Å². The monoisotopic (exact) mass is 656 g/mol. The largest absolute Gasteiger partial charge is 0.573 e. The molecule has 0 atom stereocenters. The lowest BCUT2D eigenvalue weighted by Gasteiger charge is -2.42. The summed E-state index contributed by atoms with van der Waals surface area (Å²) in [6.45, 7) is 2.17. The van der Waals surface area contributed by atoms with E-state index in [1.807, 2.05) is 6.07 Å². The van der Waals surface area contributed by atoms with Crippen molar-refractivity contribution in [3.8, 4) is 11.5 Å². The molecule has 0 N–H and O–H groups in total. The van der Waals surface area contributed by atoms with Gasteiger partial charge in [0.1, 0.15) is 11.6 Å². The van der Waals surface area contributed by atoms with Crippen LogP contribution in [0.25, 0.3) is 0 Å². The van der Waals surface area contributed by atoms with E-state index in [1.165, 1.54) is 19.3 Å². The van der Waals surface area contributed by atoms with Crippen LogP contribution in [-0.4, -0.2) is 12.5 Å². The standard InChI is InChI=1S/C37H47F7O2/c1-2-3-4-5-24-6-20-32(33(38)22-24)29-13-11-27(12-14-29)25-7-9-26(10-8-25)28-15-17-30(18-16-28)36(40,41)45-31-19-21-35(34(39)23-31)46-37(42,43)44/h6,19-23,25-30H,2-5,7-18H2,1H3. The molecule has 0 bridgehead atoms. The first kappa shape index (κ1) is 34.9. The Bertz CT molecular complexity index is 1250. The molecule has 3 saturated carbocycles. The van der Waals surface area contributed by atoms with Crippen molar-refractivity contribution in [2.24, 2.45) is 29.6 Å². The number of alkyl halides is 5. The maximum atomic E-state index is 15.0. The Morgan fingerprint density at radius 1 is 0.630 bits per heavy atom. The van der Waals surface area contributed by atoms with Crippen LogP contribution in [0.3, 0.4) is 0 Å². The average Bonchev–Trinajstić information content (AvgIpc) is 3.02. The highest BCUT2D eigenvalue weighted by atomic mass is 19.4. The number of rotatable bonds is 11. The van der Waals surface area contributed by atoms with E-state index >= 15 is 0 Å². The zero-order valence-electron chi connectivity index (χ0n) is 26.7. The molecule has 3 aliphatic rings. The van der Waals surface area contributed by atoms with Crippen LogP contribution in [0.2, 0.25) is 0 Å². The Morgan fingerprint density at radius 3 is 1.72 bits per heavy atom. The van der Waals surface area contributed by atoms with Gasteiger partial charge in [0.2, 0.25) is 0 Å². The number of halogens is 7. The summed E-state index contributed by atoms with van der Waals surface area (Å²) in [7, 11) is 0. The zero-order chi connectivity index (χ0) is 32.9. The van der Waals surface area contributed by atoms with Crippen molar-refractivity contribution in [3.63, 3.8) is 0 Å². The van der Waals surface area contributed by atoms with Gasteiger partial charge >= 0.3 is 12.5 Å². The minimum absolute atomic E-state index is 0.0421. The van der Waals surface area contributed by atoms with Crippen LogP contribution >= 0.6 is 0 Å². The van der Waals surface area contributed by atoms with Crippen molar-refractivity contribution in [1.82, 2.24) is 0 Å². The molecule has 0 amide bonds. The van der Waals surface area contributed by atoms with Gasteiger partial charge in [-0.1, -0.05) is 31.9 Å². The molecule has 0 aromatic heterocycles. The number of hydrogen-bond donors (Lipinski definition) is 0. The summed E-state index contributed by atoms with van der Waals surface area (Å²) in [5, 5.41) is 0. The molecule has 2 aromatic rings. The lowest BCUT2D eigenvalue weighted by Crippen LogP contribution is -2.38. The van der Waals surface area contributed by atoms with Crippen molar-refractivity contribution in [3.05, 3.63) is 59.2 Å². The van der Waals surface area contributed by atoms with Gasteiger partial charge in [0.25, 0.3) is 0 Å². The smallest absolute Gasteiger partial charge is 0.432 e. The minimum atomic E-state index is -5.09. The van der Waals surface area contributed by atoms with E-state index in [0.29, 0.717) is 54.6 Å². The molecule has 256 valence electrons. The van der Waals surface area contributed by atoms with Gasteiger partial charge in [-0.2, -0.15) is 8.78 Å². The van der Waals surface area contributed by atoms with Crippen LogP contribution in [0, 0.1) is 41.2 Å². The van der Waals surface area contributed by atoms with Crippen LogP contribution in [0.15, 0.2) is 36.4 Å². The number of unbranched alkanes of at least 4 members (excludes halogenated alkanes) is 2. The minimum Gasteiger partial charge on any atom is -0.432 e. The van der Waals surface area contributed by atoms with Gasteiger partial charge in [0, 0.05) is 6.07 Å². The maximum Gasteiger partial charge on any atom is 0.573 e. The lowest BCUT2D eigenvalue weighted by atomic mass is 9.64. The SMILES string of the molecule is CCCCCc1ccc(C2CCC(C3CCC(C4CCC(C(F)(F)Oc5ccc(OC(F)(F)F)c(F)c5)CC4)CC3)CC2)c(F)c1. The normalized spacial score (nSPS) is 27.7. The van der Waals surface area contributed by atoms with Crippen LogP contribution < -0.4 is 9.47 Å². The Hall–Kier alpha value is -2.45. The second kappa shape index (κ2) is 15.2. The fraction of sp³-hybridized carbons (Fsp3) is 0.676. The zero-order valence-corrected chi connectivity index (χ0v) is 26.7. The van der Waals surface area contributed by atoms with E-state index in [1.54, 1.807) is 6.07 Å². The molecule has 0 aliphatic heterocycles. The summed E-state index contributed by atoms with van der Waals surface area (Å²) in [5.74, 6) is -1.54. The summed E-state index contributed by atoms with van der Waals surface area (Å²) in [4.78, 5) is 0. The molecule has 46 heavy (non-hydrogen) atoms.